The van der Waals surface area contributed by atoms with Crippen LogP contribution in [0.3, 0.4) is 0 Å². The Labute approximate surface area is 145 Å². The van der Waals surface area contributed by atoms with Gasteiger partial charge >= 0.3 is 0 Å². The molecule has 0 saturated carbocycles. The summed E-state index contributed by atoms with van der Waals surface area (Å²) in [5, 5.41) is 0.621. The summed E-state index contributed by atoms with van der Waals surface area (Å²) < 4.78 is 12.7. The average molecular weight is 345 g/mol. The van der Waals surface area contributed by atoms with Crippen molar-refractivity contribution in [1.82, 2.24) is 0 Å². The van der Waals surface area contributed by atoms with Gasteiger partial charge in [0.1, 0.15) is 21.6 Å². The summed E-state index contributed by atoms with van der Waals surface area (Å²) in [6, 6.07) is 17.5. The first-order chi connectivity index (χ1) is 11.3. The highest BCUT2D eigenvalue weighted by molar-refractivity contribution is 8.39. The molecule has 0 fully saturated rings. The molecule has 2 aromatic rings. The number of aliphatic imine (C=N–C) groups is 1. The highest BCUT2D eigenvalue weighted by Crippen LogP contribution is 2.28. The van der Waals surface area contributed by atoms with Crippen molar-refractivity contribution in [2.24, 2.45) is 4.99 Å². The van der Waals surface area contributed by atoms with Crippen LogP contribution in [0.1, 0.15) is 6.92 Å². The number of benzene rings is 2. The van der Waals surface area contributed by atoms with Gasteiger partial charge in [0.25, 0.3) is 0 Å². The summed E-state index contributed by atoms with van der Waals surface area (Å²) in [5.41, 5.74) is 0. The molecule has 2 aromatic carbocycles. The van der Waals surface area contributed by atoms with E-state index in [1.807, 2.05) is 66.4 Å². The summed E-state index contributed by atoms with van der Waals surface area (Å²) in [5.74, 6) is 3.42. The molecule has 5 heteroatoms. The Morgan fingerprint density at radius 1 is 1.04 bits per heavy atom. The minimum atomic E-state index is 0.621. The lowest BCUT2D eigenvalue weighted by Crippen LogP contribution is -2.01. The first kappa shape index (κ1) is 16.3. The number of nitrogens with zero attached hydrogens (tertiary/aromatic N) is 1. The molecule has 0 N–H and O–H groups in total. The van der Waals surface area contributed by atoms with Crippen LogP contribution >= 0.6 is 23.5 Å². The molecule has 1 aliphatic heterocycles. The predicted octanol–water partition coefficient (Wildman–Crippen LogP) is 5.08. The largest absolute Gasteiger partial charge is 0.493 e. The van der Waals surface area contributed by atoms with Crippen molar-refractivity contribution in [3.05, 3.63) is 54.6 Å². The zero-order valence-electron chi connectivity index (χ0n) is 13.0. The zero-order valence-corrected chi connectivity index (χ0v) is 14.6. The summed E-state index contributed by atoms with van der Waals surface area (Å²) in [4.78, 5) is 4.48. The standard InChI is InChI=1S/C18H19NO2S2/c1-14-13-19-18(23-14)22-12-11-20-15-7-9-17(10-8-15)21-16-5-3-2-4-6-16/h2-10,14H,11-13H2,1H3. The van der Waals surface area contributed by atoms with Gasteiger partial charge in [0.2, 0.25) is 0 Å². The molecule has 0 radical (unpaired) electrons. The molecule has 1 unspecified atom stereocenters. The molecule has 1 atom stereocenters. The molecule has 0 saturated heterocycles. The minimum Gasteiger partial charge on any atom is -0.493 e. The number of ether oxygens (including phenoxy) is 2. The second kappa shape index (κ2) is 8.31. The van der Waals surface area contributed by atoms with Crippen molar-refractivity contribution < 1.29 is 9.47 Å². The molecule has 0 amide bonds. The fraction of sp³-hybridized carbons (Fsp3) is 0.278. The Kier molecular flexibility index (Phi) is 5.88. The average Bonchev–Trinajstić information content (AvgIpc) is 2.99. The molecule has 1 heterocycles. The van der Waals surface area contributed by atoms with Gasteiger partial charge < -0.3 is 9.47 Å². The van der Waals surface area contributed by atoms with Crippen molar-refractivity contribution in [3.63, 3.8) is 0 Å². The maximum atomic E-state index is 5.76. The third-order valence-electron chi connectivity index (χ3n) is 3.16. The highest BCUT2D eigenvalue weighted by Gasteiger charge is 2.14. The van der Waals surface area contributed by atoms with Crippen LogP contribution in [0.2, 0.25) is 0 Å². The smallest absolute Gasteiger partial charge is 0.127 e. The number of rotatable bonds is 6. The third-order valence-corrected chi connectivity index (χ3v) is 5.43. The summed E-state index contributed by atoms with van der Waals surface area (Å²) in [6.45, 7) is 3.82. The van der Waals surface area contributed by atoms with Crippen LogP contribution < -0.4 is 9.47 Å². The Morgan fingerprint density at radius 2 is 1.74 bits per heavy atom. The number of thioether (sulfide) groups is 2. The van der Waals surface area contributed by atoms with Gasteiger partial charge in [-0.25, -0.2) is 0 Å². The molecular formula is C18H19NO2S2. The fourth-order valence-corrected chi connectivity index (χ4v) is 4.21. The van der Waals surface area contributed by atoms with E-state index < -0.39 is 0 Å². The fourth-order valence-electron chi connectivity index (χ4n) is 2.05. The highest BCUT2D eigenvalue weighted by atomic mass is 32.2. The number of para-hydroxylation sites is 1. The van der Waals surface area contributed by atoms with Crippen molar-refractivity contribution in [2.75, 3.05) is 18.9 Å². The van der Waals surface area contributed by atoms with E-state index in [1.165, 1.54) is 4.38 Å². The van der Waals surface area contributed by atoms with E-state index in [2.05, 4.69) is 11.9 Å². The van der Waals surface area contributed by atoms with Crippen LogP contribution in [0.4, 0.5) is 0 Å². The van der Waals surface area contributed by atoms with Crippen molar-refractivity contribution in [1.29, 1.82) is 0 Å². The molecule has 0 aromatic heterocycles. The predicted molar refractivity (Wildman–Crippen MR) is 100 cm³/mol. The first-order valence-corrected chi connectivity index (χ1v) is 9.46. The number of hydrogen-bond donors (Lipinski definition) is 0. The Hall–Kier alpha value is -1.59. The summed E-state index contributed by atoms with van der Waals surface area (Å²) >= 11 is 3.63. The van der Waals surface area contributed by atoms with E-state index in [-0.39, 0.29) is 0 Å². The monoisotopic (exact) mass is 345 g/mol. The minimum absolute atomic E-state index is 0.621. The van der Waals surface area contributed by atoms with Crippen molar-refractivity contribution >= 4 is 27.9 Å². The van der Waals surface area contributed by atoms with Gasteiger partial charge in [-0.15, -0.1) is 0 Å². The molecule has 0 bridgehead atoms. The van der Waals surface area contributed by atoms with Gasteiger partial charge in [-0.05, 0) is 36.4 Å². The summed E-state index contributed by atoms with van der Waals surface area (Å²) in [6.07, 6.45) is 0. The molecule has 0 aliphatic carbocycles. The first-order valence-electron chi connectivity index (χ1n) is 7.59. The normalized spacial score (nSPS) is 16.9. The van der Waals surface area contributed by atoms with E-state index in [0.717, 1.165) is 29.5 Å². The molecule has 120 valence electrons. The van der Waals surface area contributed by atoms with Crippen LogP contribution in [0.25, 0.3) is 0 Å². The van der Waals surface area contributed by atoms with Crippen LogP contribution in [0, 0.1) is 0 Å². The quantitative estimate of drug-likeness (QED) is 0.683. The molecular weight excluding hydrogens is 326 g/mol. The molecule has 1 aliphatic rings. The van der Waals surface area contributed by atoms with Crippen molar-refractivity contribution in [2.45, 2.75) is 12.2 Å². The van der Waals surface area contributed by atoms with Crippen LogP contribution in [0.5, 0.6) is 17.2 Å². The maximum Gasteiger partial charge on any atom is 0.127 e. The number of hydrogen-bond acceptors (Lipinski definition) is 5. The maximum absolute atomic E-state index is 5.76. The van der Waals surface area contributed by atoms with Crippen LogP contribution in [0.15, 0.2) is 59.6 Å². The molecule has 3 rings (SSSR count). The Balaban J connectivity index is 1.41. The topological polar surface area (TPSA) is 30.8 Å². The molecule has 3 nitrogen and oxygen atoms in total. The van der Waals surface area contributed by atoms with E-state index in [4.69, 9.17) is 9.47 Å². The van der Waals surface area contributed by atoms with Gasteiger partial charge in [-0.1, -0.05) is 48.6 Å². The SMILES string of the molecule is CC1CN=C(SCCOc2ccc(Oc3ccccc3)cc2)S1. The van der Waals surface area contributed by atoms with Gasteiger partial charge in [0, 0.05) is 11.0 Å². The summed E-state index contributed by atoms with van der Waals surface area (Å²) in [7, 11) is 0. The van der Waals surface area contributed by atoms with E-state index in [1.54, 1.807) is 11.8 Å². The van der Waals surface area contributed by atoms with Crippen LogP contribution in [-0.4, -0.2) is 28.5 Å². The van der Waals surface area contributed by atoms with E-state index in [0.29, 0.717) is 11.9 Å². The lowest BCUT2D eigenvalue weighted by Gasteiger charge is -2.08. The lowest BCUT2D eigenvalue weighted by atomic mass is 10.3. The second-order valence-corrected chi connectivity index (χ2v) is 7.89. The molecule has 0 spiro atoms. The zero-order chi connectivity index (χ0) is 15.9. The van der Waals surface area contributed by atoms with Gasteiger partial charge in [-0.2, -0.15) is 0 Å². The van der Waals surface area contributed by atoms with Crippen molar-refractivity contribution in [3.8, 4) is 17.2 Å². The Morgan fingerprint density at radius 3 is 2.43 bits per heavy atom. The van der Waals surface area contributed by atoms with Gasteiger partial charge in [0.15, 0.2) is 0 Å². The lowest BCUT2D eigenvalue weighted by molar-refractivity contribution is 0.343. The second-order valence-electron chi connectivity index (χ2n) is 5.12. The van der Waals surface area contributed by atoms with Gasteiger partial charge in [0.05, 0.1) is 13.2 Å². The molecule has 23 heavy (non-hydrogen) atoms. The third kappa shape index (κ3) is 5.22. The van der Waals surface area contributed by atoms with E-state index in [9.17, 15) is 0 Å². The van der Waals surface area contributed by atoms with E-state index >= 15 is 0 Å². The Bertz CT molecular complexity index is 644. The van der Waals surface area contributed by atoms with Crippen LogP contribution in [-0.2, 0) is 0 Å². The van der Waals surface area contributed by atoms with Gasteiger partial charge in [-0.3, -0.25) is 4.99 Å².